The Morgan fingerprint density at radius 3 is 2.16 bits per heavy atom. The highest BCUT2D eigenvalue weighted by Crippen LogP contribution is 2.21. The molecule has 1 heterocycles. The number of anilines is 2. The van der Waals surface area contributed by atoms with E-state index in [1.54, 1.807) is 31.4 Å². The first-order chi connectivity index (χ1) is 15.7. The van der Waals surface area contributed by atoms with Crippen LogP contribution in [-0.4, -0.2) is 50.7 Å². The summed E-state index contributed by atoms with van der Waals surface area (Å²) in [6.07, 6.45) is 0. The third-order valence-electron chi connectivity index (χ3n) is 5.57. The first-order valence-electron chi connectivity index (χ1n) is 10.9. The van der Waals surface area contributed by atoms with Crippen molar-refractivity contribution in [2.24, 2.45) is 0 Å². The first-order valence-corrected chi connectivity index (χ1v) is 10.9. The van der Waals surface area contributed by atoms with Crippen LogP contribution in [0.15, 0.2) is 78.9 Å². The van der Waals surface area contributed by atoms with E-state index in [9.17, 15) is 4.79 Å². The smallest absolute Gasteiger partial charge is 0.262 e. The van der Waals surface area contributed by atoms with Gasteiger partial charge in [-0.25, -0.2) is 0 Å². The summed E-state index contributed by atoms with van der Waals surface area (Å²) >= 11 is 0. The van der Waals surface area contributed by atoms with Crippen LogP contribution < -0.4 is 19.7 Å². The lowest BCUT2D eigenvalue weighted by Gasteiger charge is -2.36. The van der Waals surface area contributed by atoms with Crippen LogP contribution in [0.4, 0.5) is 11.4 Å². The zero-order valence-corrected chi connectivity index (χ0v) is 18.4. The number of piperazine rings is 1. The van der Waals surface area contributed by atoms with Crippen LogP contribution >= 0.6 is 0 Å². The molecule has 4 rings (SSSR count). The van der Waals surface area contributed by atoms with Crippen LogP contribution in [-0.2, 0) is 11.3 Å². The van der Waals surface area contributed by atoms with Crippen LogP contribution in [0, 0.1) is 0 Å². The highest BCUT2D eigenvalue weighted by atomic mass is 16.5. The normalized spacial score (nSPS) is 14.1. The molecule has 0 aromatic heterocycles. The summed E-state index contributed by atoms with van der Waals surface area (Å²) in [4.78, 5) is 17.1. The molecule has 1 aliphatic rings. The number of benzene rings is 3. The predicted molar refractivity (Wildman–Crippen MR) is 127 cm³/mol. The fourth-order valence-electron chi connectivity index (χ4n) is 3.78. The lowest BCUT2D eigenvalue weighted by molar-refractivity contribution is -0.118. The third-order valence-corrected chi connectivity index (χ3v) is 5.57. The molecule has 0 spiro atoms. The Balaban J connectivity index is 1.22. The Morgan fingerprint density at radius 1 is 0.844 bits per heavy atom. The maximum atomic E-state index is 12.2. The number of ether oxygens (including phenoxy) is 2. The van der Waals surface area contributed by atoms with Crippen LogP contribution in [0.25, 0.3) is 0 Å². The Labute approximate surface area is 189 Å². The average molecular weight is 432 g/mol. The van der Waals surface area contributed by atoms with Gasteiger partial charge in [0.25, 0.3) is 5.91 Å². The average Bonchev–Trinajstić information content (AvgIpc) is 2.85. The van der Waals surface area contributed by atoms with E-state index in [1.807, 2.05) is 12.1 Å². The lowest BCUT2D eigenvalue weighted by Crippen LogP contribution is -2.45. The largest absolute Gasteiger partial charge is 0.497 e. The molecule has 1 amide bonds. The molecular formula is C26H29N3O3. The van der Waals surface area contributed by atoms with Gasteiger partial charge in [0, 0.05) is 44.1 Å². The van der Waals surface area contributed by atoms with E-state index in [0.29, 0.717) is 5.75 Å². The van der Waals surface area contributed by atoms with Crippen LogP contribution in [0.5, 0.6) is 11.5 Å². The Morgan fingerprint density at radius 2 is 1.50 bits per heavy atom. The highest BCUT2D eigenvalue weighted by molar-refractivity contribution is 5.92. The second-order valence-corrected chi connectivity index (χ2v) is 7.81. The Bertz CT molecular complexity index is 983. The molecule has 1 saturated heterocycles. The summed E-state index contributed by atoms with van der Waals surface area (Å²) in [6.45, 7) is 5.02. The molecule has 6 nitrogen and oxygen atoms in total. The number of carbonyl (C=O) groups is 1. The number of carbonyl (C=O) groups excluding carboxylic acids is 1. The van der Waals surface area contributed by atoms with E-state index < -0.39 is 0 Å². The zero-order valence-electron chi connectivity index (χ0n) is 18.4. The van der Waals surface area contributed by atoms with Gasteiger partial charge in [-0.3, -0.25) is 9.69 Å². The molecule has 0 bridgehead atoms. The van der Waals surface area contributed by atoms with E-state index in [0.717, 1.165) is 44.2 Å². The number of amides is 1. The maximum Gasteiger partial charge on any atom is 0.262 e. The summed E-state index contributed by atoms with van der Waals surface area (Å²) < 4.78 is 10.6. The molecule has 0 atom stereocenters. The molecule has 166 valence electrons. The maximum absolute atomic E-state index is 12.2. The van der Waals surface area contributed by atoms with Crippen molar-refractivity contribution < 1.29 is 14.3 Å². The summed E-state index contributed by atoms with van der Waals surface area (Å²) in [5, 5.41) is 2.88. The van der Waals surface area contributed by atoms with Crippen molar-refractivity contribution in [1.82, 2.24) is 4.90 Å². The van der Waals surface area contributed by atoms with Crippen LogP contribution in [0.1, 0.15) is 5.56 Å². The fraction of sp³-hybridized carbons (Fsp3) is 0.269. The minimum Gasteiger partial charge on any atom is -0.497 e. The fourth-order valence-corrected chi connectivity index (χ4v) is 3.78. The van der Waals surface area contributed by atoms with Gasteiger partial charge in [-0.2, -0.15) is 0 Å². The topological polar surface area (TPSA) is 54.0 Å². The van der Waals surface area contributed by atoms with Crippen LogP contribution in [0.3, 0.4) is 0 Å². The van der Waals surface area contributed by atoms with Crippen molar-refractivity contribution in [3.05, 3.63) is 84.4 Å². The zero-order chi connectivity index (χ0) is 22.2. The highest BCUT2D eigenvalue weighted by Gasteiger charge is 2.17. The molecule has 0 aliphatic carbocycles. The summed E-state index contributed by atoms with van der Waals surface area (Å²) in [7, 11) is 1.61. The minimum absolute atomic E-state index is 0.0442. The number of rotatable bonds is 8. The molecule has 0 saturated carbocycles. The van der Waals surface area contributed by atoms with Crippen molar-refractivity contribution in [3.8, 4) is 11.5 Å². The molecule has 0 unspecified atom stereocenters. The van der Waals surface area contributed by atoms with Crippen LogP contribution in [0.2, 0.25) is 0 Å². The number of nitrogens with zero attached hydrogens (tertiary/aromatic N) is 2. The van der Waals surface area contributed by atoms with Crippen molar-refractivity contribution in [1.29, 1.82) is 0 Å². The monoisotopic (exact) mass is 431 g/mol. The van der Waals surface area contributed by atoms with Gasteiger partial charge < -0.3 is 19.7 Å². The Hall–Kier alpha value is -3.51. The van der Waals surface area contributed by atoms with Gasteiger partial charge in [0.2, 0.25) is 0 Å². The minimum atomic E-state index is -0.192. The number of nitrogens with one attached hydrogen (secondary N) is 1. The van der Waals surface area contributed by atoms with Gasteiger partial charge in [-0.05, 0) is 54.1 Å². The van der Waals surface area contributed by atoms with Gasteiger partial charge in [0.05, 0.1) is 7.11 Å². The van der Waals surface area contributed by atoms with E-state index in [-0.39, 0.29) is 12.5 Å². The van der Waals surface area contributed by atoms with E-state index in [2.05, 4.69) is 57.6 Å². The third kappa shape index (κ3) is 6.02. The molecule has 0 radical (unpaired) electrons. The van der Waals surface area contributed by atoms with Gasteiger partial charge in [-0.1, -0.05) is 30.3 Å². The SMILES string of the molecule is COc1ccc(OCC(=O)Nc2ccc(N3CCN(Cc4ccccc4)CC3)cc2)cc1. The van der Waals surface area contributed by atoms with Crippen molar-refractivity contribution in [2.75, 3.05) is 50.1 Å². The summed E-state index contributed by atoms with van der Waals surface area (Å²) in [6, 6.07) is 25.8. The molecule has 32 heavy (non-hydrogen) atoms. The van der Waals surface area contributed by atoms with Gasteiger partial charge >= 0.3 is 0 Å². The standard InChI is InChI=1S/C26H29N3O3/c1-31-24-11-13-25(14-12-24)32-20-26(30)27-22-7-9-23(10-8-22)29-17-15-28(16-18-29)19-21-5-3-2-4-6-21/h2-14H,15-20H2,1H3,(H,27,30). The quantitative estimate of drug-likeness (QED) is 0.584. The molecular weight excluding hydrogens is 402 g/mol. The van der Waals surface area contributed by atoms with Gasteiger partial charge in [-0.15, -0.1) is 0 Å². The lowest BCUT2D eigenvalue weighted by atomic mass is 10.2. The second kappa shape index (κ2) is 10.7. The second-order valence-electron chi connectivity index (χ2n) is 7.81. The van der Waals surface area contributed by atoms with Gasteiger partial charge in [0.15, 0.2) is 6.61 Å². The van der Waals surface area contributed by atoms with Crippen molar-refractivity contribution >= 4 is 17.3 Å². The summed E-state index contributed by atoms with van der Waals surface area (Å²) in [5.74, 6) is 1.19. The number of methoxy groups -OCH3 is 1. The number of hydrogen-bond acceptors (Lipinski definition) is 5. The molecule has 3 aromatic carbocycles. The molecule has 1 N–H and O–H groups in total. The van der Waals surface area contributed by atoms with Gasteiger partial charge in [0.1, 0.15) is 11.5 Å². The molecule has 6 heteroatoms. The summed E-state index contributed by atoms with van der Waals surface area (Å²) in [5.41, 5.74) is 3.30. The van der Waals surface area contributed by atoms with E-state index >= 15 is 0 Å². The molecule has 1 aliphatic heterocycles. The predicted octanol–water partition coefficient (Wildman–Crippen LogP) is 4.03. The molecule has 3 aromatic rings. The van der Waals surface area contributed by atoms with E-state index in [4.69, 9.17) is 9.47 Å². The van der Waals surface area contributed by atoms with Crippen molar-refractivity contribution in [2.45, 2.75) is 6.54 Å². The number of hydrogen-bond donors (Lipinski definition) is 1. The van der Waals surface area contributed by atoms with Crippen molar-refractivity contribution in [3.63, 3.8) is 0 Å². The Kier molecular flexibility index (Phi) is 7.25. The molecule has 1 fully saturated rings. The van der Waals surface area contributed by atoms with E-state index in [1.165, 1.54) is 11.3 Å². The first kappa shape index (κ1) is 21.7.